The molecule has 2 aromatic rings. The lowest BCUT2D eigenvalue weighted by molar-refractivity contribution is -0.136. The van der Waals surface area contributed by atoms with Crippen molar-refractivity contribution in [1.29, 1.82) is 0 Å². The van der Waals surface area contributed by atoms with Gasteiger partial charge in [0, 0.05) is 11.8 Å². The molecule has 0 aliphatic heterocycles. The van der Waals surface area contributed by atoms with Gasteiger partial charge < -0.3 is 9.63 Å². The molecule has 2 heterocycles. The van der Waals surface area contributed by atoms with Crippen LogP contribution in [-0.4, -0.2) is 20.6 Å². The quantitative estimate of drug-likeness (QED) is 0.794. The highest BCUT2D eigenvalue weighted by atomic mass is 16.5. The van der Waals surface area contributed by atoms with Crippen molar-refractivity contribution >= 4 is 11.6 Å². The fraction of sp³-hybridized carbons (Fsp3) is 0.333. The van der Waals surface area contributed by atoms with Crippen molar-refractivity contribution in [3.63, 3.8) is 0 Å². The molecule has 2 rings (SSSR count). The van der Waals surface area contributed by atoms with Crippen LogP contribution in [-0.2, 0) is 17.6 Å². The van der Waals surface area contributed by atoms with Gasteiger partial charge in [-0.2, -0.15) is 4.57 Å². The van der Waals surface area contributed by atoms with Gasteiger partial charge in [-0.15, -0.1) is 0 Å². The number of imidazole rings is 1. The Balaban J connectivity index is 2.52. The molecule has 5 nitrogen and oxygen atoms in total. The SMILES string of the molecule is CCc1c(CC(=O)O)on2ccnc12. The minimum absolute atomic E-state index is 0.0907. The van der Waals surface area contributed by atoms with E-state index in [1.807, 2.05) is 6.92 Å². The molecule has 0 spiro atoms. The Kier molecular flexibility index (Phi) is 1.99. The van der Waals surface area contributed by atoms with E-state index in [4.69, 9.17) is 9.63 Å². The van der Waals surface area contributed by atoms with Crippen molar-refractivity contribution in [2.45, 2.75) is 19.8 Å². The van der Waals surface area contributed by atoms with Crippen LogP contribution in [0.25, 0.3) is 5.65 Å². The van der Waals surface area contributed by atoms with E-state index in [0.29, 0.717) is 11.4 Å². The average molecular weight is 194 g/mol. The number of carboxylic acids is 1. The minimum Gasteiger partial charge on any atom is -0.481 e. The second-order valence-electron chi connectivity index (χ2n) is 2.99. The van der Waals surface area contributed by atoms with Crippen molar-refractivity contribution < 1.29 is 14.4 Å². The van der Waals surface area contributed by atoms with Gasteiger partial charge >= 0.3 is 5.97 Å². The zero-order chi connectivity index (χ0) is 10.1. The Labute approximate surface area is 79.9 Å². The average Bonchev–Trinajstić information content (AvgIpc) is 2.62. The summed E-state index contributed by atoms with van der Waals surface area (Å²) in [6.07, 6.45) is 3.93. The van der Waals surface area contributed by atoms with E-state index >= 15 is 0 Å². The number of aliphatic carboxylic acids is 1. The molecular formula is C9H10N2O3. The Hall–Kier alpha value is -1.78. The predicted molar refractivity (Wildman–Crippen MR) is 48.2 cm³/mol. The summed E-state index contributed by atoms with van der Waals surface area (Å²) in [4.78, 5) is 14.6. The lowest BCUT2D eigenvalue weighted by atomic mass is 10.1. The molecule has 0 atom stereocenters. The van der Waals surface area contributed by atoms with E-state index in [0.717, 1.165) is 12.0 Å². The fourth-order valence-electron chi connectivity index (χ4n) is 1.51. The molecule has 0 bridgehead atoms. The molecule has 2 aromatic heterocycles. The summed E-state index contributed by atoms with van der Waals surface area (Å²) in [6.45, 7) is 1.95. The summed E-state index contributed by atoms with van der Waals surface area (Å²) in [5, 5.41) is 8.66. The van der Waals surface area contributed by atoms with E-state index in [-0.39, 0.29) is 6.42 Å². The molecular weight excluding hydrogens is 184 g/mol. The van der Waals surface area contributed by atoms with Crippen LogP contribution in [0.4, 0.5) is 0 Å². The Morgan fingerprint density at radius 2 is 2.50 bits per heavy atom. The molecule has 0 saturated carbocycles. The van der Waals surface area contributed by atoms with Crippen LogP contribution in [0.15, 0.2) is 16.9 Å². The number of hydrogen-bond donors (Lipinski definition) is 1. The third-order valence-corrected chi connectivity index (χ3v) is 2.09. The van der Waals surface area contributed by atoms with Gasteiger partial charge in [-0.3, -0.25) is 4.79 Å². The maximum atomic E-state index is 10.5. The maximum Gasteiger partial charge on any atom is 0.311 e. The topological polar surface area (TPSA) is 67.7 Å². The molecule has 14 heavy (non-hydrogen) atoms. The first-order chi connectivity index (χ1) is 6.72. The predicted octanol–water partition coefficient (Wildman–Crippen LogP) is 1.12. The molecule has 0 aromatic carbocycles. The Bertz CT molecular complexity index is 469. The second-order valence-corrected chi connectivity index (χ2v) is 2.99. The monoisotopic (exact) mass is 194 g/mol. The van der Waals surface area contributed by atoms with Crippen LogP contribution in [0.2, 0.25) is 0 Å². The number of carbonyl (C=O) groups is 1. The lowest BCUT2D eigenvalue weighted by Crippen LogP contribution is -2.01. The van der Waals surface area contributed by atoms with Crippen molar-refractivity contribution in [2.75, 3.05) is 0 Å². The molecule has 1 N–H and O–H groups in total. The van der Waals surface area contributed by atoms with Crippen LogP contribution in [0.1, 0.15) is 18.2 Å². The fourth-order valence-corrected chi connectivity index (χ4v) is 1.51. The van der Waals surface area contributed by atoms with Crippen LogP contribution >= 0.6 is 0 Å². The molecule has 74 valence electrons. The summed E-state index contributed by atoms with van der Waals surface area (Å²) >= 11 is 0. The van der Waals surface area contributed by atoms with E-state index in [1.54, 1.807) is 12.4 Å². The van der Waals surface area contributed by atoms with E-state index in [9.17, 15) is 4.79 Å². The van der Waals surface area contributed by atoms with Gasteiger partial charge in [0.15, 0.2) is 11.4 Å². The van der Waals surface area contributed by atoms with E-state index in [2.05, 4.69) is 4.98 Å². The number of aryl methyl sites for hydroxylation is 1. The zero-order valence-electron chi connectivity index (χ0n) is 7.73. The van der Waals surface area contributed by atoms with Gasteiger partial charge in [0.05, 0.1) is 6.20 Å². The molecule has 5 heteroatoms. The highest BCUT2D eigenvalue weighted by molar-refractivity contribution is 5.70. The normalized spacial score (nSPS) is 10.9. The highest BCUT2D eigenvalue weighted by Crippen LogP contribution is 2.18. The standard InChI is InChI=1S/C9H10N2O3/c1-2-6-7(5-8(12)13)14-11-4-3-10-9(6)11/h3-4H,2,5H2,1H3,(H,12,13). The van der Waals surface area contributed by atoms with Crippen LogP contribution in [0.3, 0.4) is 0 Å². The van der Waals surface area contributed by atoms with Gasteiger partial charge in [-0.1, -0.05) is 6.92 Å². The maximum absolute atomic E-state index is 10.5. The minimum atomic E-state index is -0.892. The molecule has 0 saturated heterocycles. The number of nitrogens with zero attached hydrogens (tertiary/aromatic N) is 2. The first-order valence-electron chi connectivity index (χ1n) is 4.38. The number of aromatic nitrogens is 2. The summed E-state index contributed by atoms with van der Waals surface area (Å²) < 4.78 is 6.81. The number of fused-ring (bicyclic) bond motifs is 1. The molecule has 0 fully saturated rings. The Morgan fingerprint density at radius 1 is 1.71 bits per heavy atom. The van der Waals surface area contributed by atoms with E-state index < -0.39 is 5.97 Å². The lowest BCUT2D eigenvalue weighted by Gasteiger charge is -1.92. The van der Waals surface area contributed by atoms with Crippen LogP contribution in [0.5, 0.6) is 0 Å². The number of carboxylic acid groups (broad SMARTS) is 1. The third-order valence-electron chi connectivity index (χ3n) is 2.09. The number of hydrogen-bond acceptors (Lipinski definition) is 3. The molecule has 0 aliphatic carbocycles. The van der Waals surface area contributed by atoms with Gasteiger partial charge in [-0.05, 0) is 6.42 Å². The molecule has 0 amide bonds. The summed E-state index contributed by atoms with van der Waals surface area (Å²) in [5.41, 5.74) is 1.58. The largest absolute Gasteiger partial charge is 0.481 e. The van der Waals surface area contributed by atoms with Crippen molar-refractivity contribution in [1.82, 2.24) is 9.56 Å². The molecule has 0 unspecified atom stereocenters. The first-order valence-corrected chi connectivity index (χ1v) is 4.38. The van der Waals surface area contributed by atoms with Crippen LogP contribution < -0.4 is 0 Å². The Morgan fingerprint density at radius 3 is 3.14 bits per heavy atom. The van der Waals surface area contributed by atoms with Crippen molar-refractivity contribution in [3.05, 3.63) is 23.7 Å². The second kappa shape index (κ2) is 3.17. The van der Waals surface area contributed by atoms with Crippen LogP contribution in [0, 0.1) is 0 Å². The first kappa shape index (κ1) is 8.80. The molecule has 0 aliphatic rings. The molecule has 0 radical (unpaired) electrons. The number of rotatable bonds is 3. The summed E-state index contributed by atoms with van der Waals surface area (Å²) in [6, 6.07) is 0. The van der Waals surface area contributed by atoms with Gasteiger partial charge in [-0.25, -0.2) is 4.98 Å². The smallest absolute Gasteiger partial charge is 0.311 e. The van der Waals surface area contributed by atoms with Crippen molar-refractivity contribution in [3.8, 4) is 0 Å². The van der Waals surface area contributed by atoms with Crippen molar-refractivity contribution in [2.24, 2.45) is 0 Å². The zero-order valence-corrected chi connectivity index (χ0v) is 7.73. The van der Waals surface area contributed by atoms with Gasteiger partial charge in [0.2, 0.25) is 0 Å². The summed E-state index contributed by atoms with van der Waals surface area (Å²) in [7, 11) is 0. The summed E-state index contributed by atoms with van der Waals surface area (Å²) in [5.74, 6) is -0.403. The van der Waals surface area contributed by atoms with E-state index in [1.165, 1.54) is 4.57 Å². The highest BCUT2D eigenvalue weighted by Gasteiger charge is 2.16. The van der Waals surface area contributed by atoms with Gasteiger partial charge in [0.1, 0.15) is 6.42 Å². The third kappa shape index (κ3) is 1.26. The van der Waals surface area contributed by atoms with Gasteiger partial charge in [0.25, 0.3) is 0 Å².